The zero-order valence-electron chi connectivity index (χ0n) is 14.7. The Morgan fingerprint density at radius 1 is 1.12 bits per heavy atom. The first-order chi connectivity index (χ1) is 11.4. The fourth-order valence-electron chi connectivity index (χ4n) is 6.36. The van der Waals surface area contributed by atoms with E-state index in [1.165, 1.54) is 19.3 Å². The van der Waals surface area contributed by atoms with Crippen molar-refractivity contribution in [1.82, 2.24) is 10.2 Å². The Bertz CT molecular complexity index is 497. The maximum absolute atomic E-state index is 12.9. The number of carbonyl (C=O) groups is 2. The van der Waals surface area contributed by atoms with Gasteiger partial charge in [-0.15, -0.1) is 0 Å². The third-order valence-electron chi connectivity index (χ3n) is 7.16. The number of nitrogens with zero attached hydrogens (tertiary/aromatic N) is 1. The molecule has 1 amide bonds. The number of carboxylic acids is 1. The van der Waals surface area contributed by atoms with Gasteiger partial charge in [0.25, 0.3) is 0 Å². The highest BCUT2D eigenvalue weighted by molar-refractivity contribution is 5.82. The Hall–Kier alpha value is -1.10. The first kappa shape index (κ1) is 16.4. The second-order valence-electron chi connectivity index (χ2n) is 9.04. The summed E-state index contributed by atoms with van der Waals surface area (Å²) in [5.41, 5.74) is 0.0437. The van der Waals surface area contributed by atoms with Crippen molar-refractivity contribution in [3.63, 3.8) is 0 Å². The summed E-state index contributed by atoms with van der Waals surface area (Å²) in [6, 6.07) is -0.222. The number of hydrogen-bond donors (Lipinski definition) is 2. The van der Waals surface area contributed by atoms with E-state index in [9.17, 15) is 14.7 Å². The van der Waals surface area contributed by atoms with Crippen LogP contribution in [0.2, 0.25) is 0 Å². The normalized spacial score (nSPS) is 42.7. The van der Waals surface area contributed by atoms with Crippen LogP contribution in [0.4, 0.5) is 0 Å². The lowest BCUT2D eigenvalue weighted by Gasteiger charge is -2.57. The Balaban J connectivity index is 1.40. The van der Waals surface area contributed by atoms with E-state index in [0.29, 0.717) is 6.54 Å². The van der Waals surface area contributed by atoms with Gasteiger partial charge in [0.1, 0.15) is 0 Å². The molecule has 0 radical (unpaired) electrons. The summed E-state index contributed by atoms with van der Waals surface area (Å²) >= 11 is 0. The average Bonchev–Trinajstić information content (AvgIpc) is 2.52. The molecule has 0 spiro atoms. The van der Waals surface area contributed by atoms with Crippen LogP contribution in [0.5, 0.6) is 0 Å². The second kappa shape index (κ2) is 6.01. The van der Waals surface area contributed by atoms with Crippen molar-refractivity contribution in [2.24, 2.45) is 23.7 Å². The first-order valence-electron chi connectivity index (χ1n) is 9.73. The SMILES string of the molecule is CC(C(=O)NC12CC3CC(CC(C3)C1)C2)N1CCCC(C(=O)O)C1. The first-order valence-corrected chi connectivity index (χ1v) is 9.73. The number of likely N-dealkylation sites (tertiary alicyclic amines) is 1. The van der Waals surface area contributed by atoms with Gasteiger partial charge in [0.2, 0.25) is 5.91 Å². The van der Waals surface area contributed by atoms with E-state index in [4.69, 9.17) is 0 Å². The molecule has 1 heterocycles. The maximum atomic E-state index is 12.9. The van der Waals surface area contributed by atoms with Crippen molar-refractivity contribution in [3.8, 4) is 0 Å². The molecule has 5 rings (SSSR count). The van der Waals surface area contributed by atoms with Crippen molar-refractivity contribution in [1.29, 1.82) is 0 Å². The Labute approximate surface area is 144 Å². The molecule has 24 heavy (non-hydrogen) atoms. The molecule has 5 heteroatoms. The largest absolute Gasteiger partial charge is 0.481 e. The van der Waals surface area contributed by atoms with Crippen LogP contribution < -0.4 is 5.32 Å². The predicted octanol–water partition coefficient (Wildman–Crippen LogP) is 2.26. The number of carbonyl (C=O) groups excluding carboxylic acids is 1. The van der Waals surface area contributed by atoms with Gasteiger partial charge in [-0.25, -0.2) is 0 Å². The van der Waals surface area contributed by atoms with Crippen LogP contribution in [-0.2, 0) is 9.59 Å². The van der Waals surface area contributed by atoms with Gasteiger partial charge in [-0.3, -0.25) is 14.5 Å². The molecule has 5 fully saturated rings. The molecule has 0 aromatic heterocycles. The maximum Gasteiger partial charge on any atom is 0.307 e. The molecule has 5 nitrogen and oxygen atoms in total. The zero-order valence-corrected chi connectivity index (χ0v) is 14.7. The van der Waals surface area contributed by atoms with Gasteiger partial charge < -0.3 is 10.4 Å². The molecule has 0 aromatic rings. The molecule has 4 aliphatic carbocycles. The average molecular weight is 334 g/mol. The van der Waals surface area contributed by atoms with Crippen molar-refractivity contribution < 1.29 is 14.7 Å². The minimum absolute atomic E-state index is 0.0437. The molecule has 4 bridgehead atoms. The van der Waals surface area contributed by atoms with Crippen molar-refractivity contribution >= 4 is 11.9 Å². The van der Waals surface area contributed by atoms with Gasteiger partial charge in [-0.05, 0) is 82.6 Å². The highest BCUT2D eigenvalue weighted by Gasteiger charge is 2.51. The van der Waals surface area contributed by atoms with Gasteiger partial charge in [-0.2, -0.15) is 0 Å². The third kappa shape index (κ3) is 2.96. The summed E-state index contributed by atoms with van der Waals surface area (Å²) in [6.07, 6.45) is 9.20. The number of aliphatic carboxylic acids is 1. The molecule has 5 aliphatic rings. The zero-order chi connectivity index (χ0) is 16.9. The van der Waals surface area contributed by atoms with Crippen LogP contribution in [0, 0.1) is 23.7 Å². The summed E-state index contributed by atoms with van der Waals surface area (Å²) in [6.45, 7) is 3.28. The lowest BCUT2D eigenvalue weighted by molar-refractivity contribution is -0.145. The quantitative estimate of drug-likeness (QED) is 0.827. The highest BCUT2D eigenvalue weighted by Crippen LogP contribution is 2.55. The Morgan fingerprint density at radius 3 is 2.25 bits per heavy atom. The predicted molar refractivity (Wildman–Crippen MR) is 90.4 cm³/mol. The summed E-state index contributed by atoms with van der Waals surface area (Å²) in [4.78, 5) is 26.2. The van der Waals surface area contributed by atoms with Gasteiger partial charge in [0.05, 0.1) is 12.0 Å². The van der Waals surface area contributed by atoms with E-state index >= 15 is 0 Å². The highest BCUT2D eigenvalue weighted by atomic mass is 16.4. The summed E-state index contributed by atoms with van der Waals surface area (Å²) in [5.74, 6) is 1.51. The molecule has 1 saturated heterocycles. The molecule has 2 atom stereocenters. The van der Waals surface area contributed by atoms with Crippen LogP contribution in [0.3, 0.4) is 0 Å². The van der Waals surface area contributed by atoms with E-state index < -0.39 is 5.97 Å². The van der Waals surface area contributed by atoms with Crippen LogP contribution in [0.25, 0.3) is 0 Å². The molecule has 4 saturated carbocycles. The fourth-order valence-corrected chi connectivity index (χ4v) is 6.36. The lowest BCUT2D eigenvalue weighted by atomic mass is 9.53. The van der Waals surface area contributed by atoms with Gasteiger partial charge in [-0.1, -0.05) is 0 Å². The number of rotatable bonds is 4. The molecule has 134 valence electrons. The minimum atomic E-state index is -0.728. The summed E-state index contributed by atoms with van der Waals surface area (Å²) in [7, 11) is 0. The fraction of sp³-hybridized carbons (Fsp3) is 0.895. The van der Waals surface area contributed by atoms with E-state index in [1.54, 1.807) is 0 Å². The number of piperidine rings is 1. The Kier molecular flexibility index (Phi) is 4.10. The van der Waals surface area contributed by atoms with E-state index in [0.717, 1.165) is 56.4 Å². The standard InChI is InChI=1S/C19H30N2O3/c1-12(21-4-2-3-16(11-21)18(23)24)17(22)20-19-8-13-5-14(9-19)7-15(6-13)10-19/h12-16H,2-11H2,1H3,(H,20,22)(H,23,24). The second-order valence-corrected chi connectivity index (χ2v) is 9.04. The molecular formula is C19H30N2O3. The number of amides is 1. The lowest BCUT2D eigenvalue weighted by Crippen LogP contribution is -2.62. The summed E-state index contributed by atoms with van der Waals surface area (Å²) < 4.78 is 0. The molecule has 2 N–H and O–H groups in total. The summed E-state index contributed by atoms with van der Waals surface area (Å²) in [5, 5.41) is 12.7. The molecule has 1 aliphatic heterocycles. The number of nitrogens with one attached hydrogen (secondary N) is 1. The van der Waals surface area contributed by atoms with Crippen molar-refractivity contribution in [2.45, 2.75) is 69.9 Å². The number of carboxylic acid groups (broad SMARTS) is 1. The van der Waals surface area contributed by atoms with E-state index in [1.807, 2.05) is 6.92 Å². The monoisotopic (exact) mass is 334 g/mol. The van der Waals surface area contributed by atoms with Gasteiger partial charge in [0, 0.05) is 12.1 Å². The topological polar surface area (TPSA) is 69.6 Å². The van der Waals surface area contributed by atoms with Crippen molar-refractivity contribution in [3.05, 3.63) is 0 Å². The molecule has 2 unspecified atom stereocenters. The smallest absolute Gasteiger partial charge is 0.307 e. The van der Waals surface area contributed by atoms with Crippen LogP contribution >= 0.6 is 0 Å². The van der Waals surface area contributed by atoms with E-state index in [-0.39, 0.29) is 23.4 Å². The minimum Gasteiger partial charge on any atom is -0.481 e. The molecule has 0 aromatic carbocycles. The van der Waals surface area contributed by atoms with Crippen LogP contribution in [0.15, 0.2) is 0 Å². The Morgan fingerprint density at radius 2 is 1.71 bits per heavy atom. The van der Waals surface area contributed by atoms with Gasteiger partial charge in [0.15, 0.2) is 0 Å². The van der Waals surface area contributed by atoms with Crippen LogP contribution in [0.1, 0.15) is 58.3 Å². The van der Waals surface area contributed by atoms with Crippen molar-refractivity contribution in [2.75, 3.05) is 13.1 Å². The molecular weight excluding hydrogens is 304 g/mol. The van der Waals surface area contributed by atoms with Crippen LogP contribution in [-0.4, -0.2) is 46.6 Å². The van der Waals surface area contributed by atoms with E-state index in [2.05, 4.69) is 10.2 Å². The third-order valence-corrected chi connectivity index (χ3v) is 7.16. The number of hydrogen-bond acceptors (Lipinski definition) is 3. The van der Waals surface area contributed by atoms with Gasteiger partial charge >= 0.3 is 5.97 Å².